The van der Waals surface area contributed by atoms with Gasteiger partial charge in [-0.05, 0) is 55.0 Å². The summed E-state index contributed by atoms with van der Waals surface area (Å²) in [6.07, 6.45) is -11.6. The lowest BCUT2D eigenvalue weighted by Gasteiger charge is -2.67. The summed E-state index contributed by atoms with van der Waals surface area (Å²) in [6.45, 7) is 2.83. The average Bonchev–Trinajstić information content (AvgIpc) is 3.02. The zero-order valence-electron chi connectivity index (χ0n) is 30.5. The number of aryl methyl sites for hydroxylation is 1. The number of amides is 3. The van der Waals surface area contributed by atoms with Crippen LogP contribution in [0.15, 0.2) is 29.8 Å². The molecular weight excluding hydrogens is 817 g/mol. The molecule has 2 heterocycles. The Bertz CT molecular complexity index is 1810. The Labute approximate surface area is 320 Å². The van der Waals surface area contributed by atoms with E-state index in [1.54, 1.807) is 0 Å². The van der Waals surface area contributed by atoms with E-state index in [2.05, 4.69) is 0 Å². The number of piperidine rings is 1. The molecule has 1 aromatic carbocycles. The number of alkyl halides is 6. The number of allylic oxidation sites excluding steroid dienone is 1. The molecule has 6 unspecified atom stereocenters. The molecule has 0 aromatic heterocycles. The van der Waals surface area contributed by atoms with Crippen molar-refractivity contribution in [2.75, 3.05) is 7.05 Å². The number of halogens is 7. The van der Waals surface area contributed by atoms with Gasteiger partial charge in [0.1, 0.15) is 17.9 Å². The van der Waals surface area contributed by atoms with E-state index in [0.717, 1.165) is 20.8 Å². The van der Waals surface area contributed by atoms with Crippen molar-refractivity contribution >= 4 is 11.9 Å². The molecule has 20 nitrogen and oxygen atoms in total. The zero-order valence-corrected chi connectivity index (χ0v) is 30.5. The lowest BCUT2D eigenvalue weighted by atomic mass is 9.72. The van der Waals surface area contributed by atoms with E-state index < -0.39 is 145 Å². The number of likely N-dealkylation sites (N-methyl/N-ethyl adjacent to an activating group) is 1. The van der Waals surface area contributed by atoms with Crippen LogP contribution >= 0.6 is 0 Å². The molecule has 330 valence electrons. The summed E-state index contributed by atoms with van der Waals surface area (Å²) in [5.41, 5.74) is -2.26. The van der Waals surface area contributed by atoms with Gasteiger partial charge in [0.05, 0.1) is 17.9 Å². The molecule has 58 heavy (non-hydrogen) atoms. The van der Waals surface area contributed by atoms with Crippen molar-refractivity contribution in [2.45, 2.75) is 106 Å². The Morgan fingerprint density at radius 3 is 1.71 bits per heavy atom. The minimum atomic E-state index is -5.27. The second-order valence-corrected chi connectivity index (χ2v) is 14.6. The molecule has 0 spiro atoms. The molecule has 6 atom stereocenters. The fourth-order valence-electron chi connectivity index (χ4n) is 7.85. The minimum absolute atomic E-state index is 0.156. The van der Waals surface area contributed by atoms with Crippen LogP contribution in [0.1, 0.15) is 44.4 Å². The number of hydrogen-bond acceptors (Lipinski definition) is 17. The maximum absolute atomic E-state index is 14.4. The highest BCUT2D eigenvalue weighted by Gasteiger charge is 2.86. The molecule has 1 aromatic rings. The van der Waals surface area contributed by atoms with Gasteiger partial charge in [0, 0.05) is 14.0 Å². The van der Waals surface area contributed by atoms with E-state index in [-0.39, 0.29) is 11.8 Å². The summed E-state index contributed by atoms with van der Waals surface area (Å²) in [5, 5.41) is 156. The number of rotatable bonds is 4. The molecule has 2 saturated heterocycles. The summed E-state index contributed by atoms with van der Waals surface area (Å²) >= 11 is 0. The molecule has 3 amide bonds. The third kappa shape index (κ3) is 6.70. The molecule has 27 heteroatoms. The number of hydrogen-bond donors (Lipinski definition) is 14. The molecule has 2 aliphatic heterocycles. The first-order chi connectivity index (χ1) is 25.7. The predicted molar refractivity (Wildman–Crippen MR) is 168 cm³/mol. The number of carbonyl (C=O) groups excluding carboxylic acids is 2. The topological polar surface area (TPSA) is 330 Å². The monoisotopic (exact) mass is 858 g/mol. The van der Waals surface area contributed by atoms with Gasteiger partial charge < -0.3 is 76.4 Å². The van der Waals surface area contributed by atoms with E-state index in [0.29, 0.717) is 31.3 Å². The van der Waals surface area contributed by atoms with Gasteiger partial charge in [0.15, 0.2) is 0 Å². The molecule has 1 aliphatic carbocycles. The summed E-state index contributed by atoms with van der Waals surface area (Å²) in [7, 11) is 0.599. The van der Waals surface area contributed by atoms with Crippen molar-refractivity contribution in [3.63, 3.8) is 0 Å². The standard InChI is InChI=1S/C31H41F7N4O16/c1-11-8-16(32)6-7-17(11)20-23(45,46)21(42-30(55,56)28(51,52)41(14(4)43)29(53,54)31(42,57)58)24(47,48)27(49,50)40(20)22(44)39(5)13(3)18-9-15(25(33,34)35)10-19(12(18)2)26(36,37)38/h6-9,12-13,15,19-21,45-58H,10H2,1-5H3. The maximum Gasteiger partial charge on any atom is 0.395 e. The highest BCUT2D eigenvalue weighted by atomic mass is 19.4. The highest BCUT2D eigenvalue weighted by molar-refractivity contribution is 5.77. The predicted octanol–water partition coefficient (Wildman–Crippen LogP) is -3.66. The largest absolute Gasteiger partial charge is 0.395 e. The third-order valence-corrected chi connectivity index (χ3v) is 11.0. The average molecular weight is 859 g/mol. The van der Waals surface area contributed by atoms with Crippen molar-refractivity contribution in [3.8, 4) is 0 Å². The van der Waals surface area contributed by atoms with Gasteiger partial charge in [-0.1, -0.05) is 19.1 Å². The number of likely N-dealkylation sites (tertiary alicyclic amines) is 1. The molecule has 3 aliphatic rings. The second kappa shape index (κ2) is 13.8. The molecule has 14 N–H and O–H groups in total. The lowest BCUT2D eigenvalue weighted by molar-refractivity contribution is -0.623. The first-order valence-corrected chi connectivity index (χ1v) is 16.6. The summed E-state index contributed by atoms with van der Waals surface area (Å²) < 4.78 is 98.1. The van der Waals surface area contributed by atoms with Crippen LogP contribution in [0.4, 0.5) is 35.5 Å². The number of piperazine rings is 1. The number of benzene rings is 1. The van der Waals surface area contributed by atoms with Gasteiger partial charge in [-0.25, -0.2) is 14.1 Å². The van der Waals surface area contributed by atoms with Crippen LogP contribution in [0.3, 0.4) is 0 Å². The number of nitrogens with zero attached hydrogens (tertiary/aromatic N) is 4. The van der Waals surface area contributed by atoms with E-state index in [1.807, 2.05) is 0 Å². The van der Waals surface area contributed by atoms with Crippen LogP contribution in [0.5, 0.6) is 0 Å². The van der Waals surface area contributed by atoms with Crippen molar-refractivity contribution in [3.05, 3.63) is 46.8 Å². The lowest BCUT2D eigenvalue weighted by Crippen LogP contribution is -2.96. The Morgan fingerprint density at radius 1 is 0.810 bits per heavy atom. The molecule has 2 fully saturated rings. The van der Waals surface area contributed by atoms with E-state index in [1.165, 1.54) is 0 Å². The van der Waals surface area contributed by atoms with E-state index >= 15 is 0 Å². The molecular formula is C31H41F7N4O16. The first kappa shape index (κ1) is 47.3. The number of urea groups is 1. The van der Waals surface area contributed by atoms with Crippen LogP contribution in [0, 0.1) is 30.5 Å². The zero-order chi connectivity index (χ0) is 45.3. The second-order valence-electron chi connectivity index (χ2n) is 14.6. The SMILES string of the molecule is CC(=O)N1C(O)(O)C(O)(O)N(C2C(O)(O)C(c3ccc(F)cc3C)N(C(=O)N(C)C(C)C3=CC(C(F)(F)F)CC(C(F)(F)F)C3C)C(O)(O)C2(O)O)C(O)(O)C1(O)O. The van der Waals surface area contributed by atoms with Gasteiger partial charge in [-0.3, -0.25) is 9.69 Å². The molecule has 0 saturated carbocycles. The fraction of sp³-hybridized carbons (Fsp3) is 0.677. The smallest absolute Gasteiger partial charge is 0.362 e. The Balaban J connectivity index is 2.02. The third-order valence-electron chi connectivity index (χ3n) is 11.0. The van der Waals surface area contributed by atoms with Gasteiger partial charge >= 0.3 is 47.9 Å². The first-order valence-electron chi connectivity index (χ1n) is 16.6. The quantitative estimate of drug-likeness (QED) is 0.0788. The molecule has 4 rings (SSSR count). The van der Waals surface area contributed by atoms with Crippen LogP contribution in [-0.4, -0.2) is 176 Å². The van der Waals surface area contributed by atoms with Gasteiger partial charge in [-0.2, -0.15) is 31.2 Å². The molecule has 0 bridgehead atoms. The fourth-order valence-corrected chi connectivity index (χ4v) is 7.85. The summed E-state index contributed by atoms with van der Waals surface area (Å²) in [5.74, 6) is -46.1. The van der Waals surface area contributed by atoms with Gasteiger partial charge in [0.25, 0.3) is 5.79 Å². The van der Waals surface area contributed by atoms with Crippen LogP contribution in [0.25, 0.3) is 0 Å². The highest BCUT2D eigenvalue weighted by Crippen LogP contribution is 2.56. The Hall–Kier alpha value is -3.39. The van der Waals surface area contributed by atoms with Crippen molar-refractivity contribution in [2.24, 2.45) is 17.8 Å². The normalized spacial score (nSPS) is 30.7. The van der Waals surface area contributed by atoms with Gasteiger partial charge in [-0.15, -0.1) is 0 Å². The van der Waals surface area contributed by atoms with Crippen molar-refractivity contribution in [1.82, 2.24) is 19.6 Å². The van der Waals surface area contributed by atoms with E-state index in [4.69, 9.17) is 0 Å². The Morgan fingerprint density at radius 2 is 1.29 bits per heavy atom. The van der Waals surface area contributed by atoms with Crippen LogP contribution < -0.4 is 0 Å². The minimum Gasteiger partial charge on any atom is -0.362 e. The summed E-state index contributed by atoms with van der Waals surface area (Å²) in [4.78, 5) is 23.2. The Kier molecular flexibility index (Phi) is 11.3. The number of aliphatic hydroxyl groups is 14. The maximum atomic E-state index is 14.4. The van der Waals surface area contributed by atoms with E-state index in [9.17, 15) is 112 Å². The number of carbonyl (C=O) groups is 2. The van der Waals surface area contributed by atoms with Gasteiger partial charge in [0.2, 0.25) is 11.7 Å². The van der Waals surface area contributed by atoms with Crippen LogP contribution in [0.2, 0.25) is 0 Å². The van der Waals surface area contributed by atoms with Crippen LogP contribution in [-0.2, 0) is 4.79 Å². The summed E-state index contributed by atoms with van der Waals surface area (Å²) in [6, 6.07) is -10.1. The van der Waals surface area contributed by atoms with Crippen molar-refractivity contribution in [1.29, 1.82) is 0 Å². The van der Waals surface area contributed by atoms with Crippen molar-refractivity contribution < 1.29 is 112 Å². The molecule has 0 radical (unpaired) electrons.